The second kappa shape index (κ2) is 6.15. The summed E-state index contributed by atoms with van der Waals surface area (Å²) in [6.07, 6.45) is 2.93. The maximum absolute atomic E-state index is 13.2. The van der Waals surface area contributed by atoms with E-state index in [0.717, 1.165) is 24.8 Å². The summed E-state index contributed by atoms with van der Waals surface area (Å²) < 4.78 is 23.9. The molecule has 2 aliphatic rings. The Hall–Kier alpha value is -2.56. The summed E-state index contributed by atoms with van der Waals surface area (Å²) >= 11 is 0. The van der Waals surface area contributed by atoms with Gasteiger partial charge < -0.3 is 14.4 Å². The molecule has 0 aromatic heterocycles. The summed E-state index contributed by atoms with van der Waals surface area (Å²) in [6.45, 7) is 0.893. The van der Waals surface area contributed by atoms with Crippen molar-refractivity contribution in [3.8, 4) is 11.5 Å². The first-order chi connectivity index (χ1) is 11.7. The minimum absolute atomic E-state index is 0.0164. The molecular formula is C19H18FNO3. The first-order valence-corrected chi connectivity index (χ1v) is 8.18. The molecule has 2 aliphatic heterocycles. The molecule has 2 aromatic rings. The number of piperidine rings is 1. The first kappa shape index (κ1) is 15.0. The third-order valence-corrected chi connectivity index (χ3v) is 4.64. The fourth-order valence-corrected chi connectivity index (χ4v) is 3.40. The van der Waals surface area contributed by atoms with Gasteiger partial charge in [-0.2, -0.15) is 0 Å². The van der Waals surface area contributed by atoms with Crippen LogP contribution in [0.25, 0.3) is 0 Å². The van der Waals surface area contributed by atoms with Crippen LogP contribution in [0.2, 0.25) is 0 Å². The van der Waals surface area contributed by atoms with Crippen molar-refractivity contribution in [3.63, 3.8) is 0 Å². The minimum Gasteiger partial charge on any atom is -0.454 e. The van der Waals surface area contributed by atoms with Crippen LogP contribution in [-0.4, -0.2) is 24.1 Å². The standard InChI is InChI=1S/C19H18FNO3/c20-15-7-4-13(5-8-15)16-3-1-2-10-21(16)19(22)14-6-9-17-18(11-14)24-12-23-17/h4-9,11,16H,1-3,10,12H2. The molecule has 0 saturated carbocycles. The number of hydrogen-bond donors (Lipinski definition) is 0. The quantitative estimate of drug-likeness (QED) is 0.839. The maximum atomic E-state index is 13.2. The predicted octanol–water partition coefficient (Wildman–Crippen LogP) is 3.92. The van der Waals surface area contributed by atoms with Crippen molar-refractivity contribution < 1.29 is 18.7 Å². The molecule has 1 amide bonds. The van der Waals surface area contributed by atoms with Crippen molar-refractivity contribution in [2.75, 3.05) is 13.3 Å². The molecular weight excluding hydrogens is 309 g/mol. The van der Waals surface area contributed by atoms with Crippen molar-refractivity contribution in [3.05, 3.63) is 59.4 Å². The number of benzene rings is 2. The lowest BCUT2D eigenvalue weighted by molar-refractivity contribution is 0.0611. The second-order valence-electron chi connectivity index (χ2n) is 6.13. The molecule has 1 atom stereocenters. The molecule has 0 N–H and O–H groups in total. The molecule has 24 heavy (non-hydrogen) atoms. The number of halogens is 1. The summed E-state index contributed by atoms with van der Waals surface area (Å²) in [6, 6.07) is 11.7. The average Bonchev–Trinajstić information content (AvgIpc) is 3.09. The summed E-state index contributed by atoms with van der Waals surface area (Å²) in [5, 5.41) is 0. The zero-order chi connectivity index (χ0) is 16.5. The van der Waals surface area contributed by atoms with E-state index < -0.39 is 0 Å². The number of likely N-dealkylation sites (tertiary alicyclic amines) is 1. The average molecular weight is 327 g/mol. The number of carbonyl (C=O) groups excluding carboxylic acids is 1. The Morgan fingerprint density at radius 3 is 2.67 bits per heavy atom. The largest absolute Gasteiger partial charge is 0.454 e. The van der Waals surface area contributed by atoms with E-state index in [1.54, 1.807) is 30.3 Å². The highest BCUT2D eigenvalue weighted by molar-refractivity contribution is 5.95. The predicted molar refractivity (Wildman–Crippen MR) is 86.6 cm³/mol. The van der Waals surface area contributed by atoms with Gasteiger partial charge in [0.05, 0.1) is 6.04 Å². The highest BCUT2D eigenvalue weighted by atomic mass is 19.1. The van der Waals surface area contributed by atoms with Gasteiger partial charge in [-0.25, -0.2) is 4.39 Å². The molecule has 1 fully saturated rings. The third-order valence-electron chi connectivity index (χ3n) is 4.64. The molecule has 0 radical (unpaired) electrons. The van der Waals surface area contributed by atoms with E-state index in [-0.39, 0.29) is 24.6 Å². The zero-order valence-electron chi connectivity index (χ0n) is 13.2. The van der Waals surface area contributed by atoms with Gasteiger partial charge >= 0.3 is 0 Å². The molecule has 2 heterocycles. The summed E-state index contributed by atoms with van der Waals surface area (Å²) in [5.41, 5.74) is 1.57. The Morgan fingerprint density at radius 2 is 1.83 bits per heavy atom. The van der Waals surface area contributed by atoms with Crippen molar-refractivity contribution >= 4 is 5.91 Å². The summed E-state index contributed by atoms with van der Waals surface area (Å²) in [4.78, 5) is 14.9. The van der Waals surface area contributed by atoms with Crippen LogP contribution in [0.15, 0.2) is 42.5 Å². The first-order valence-electron chi connectivity index (χ1n) is 8.18. The normalized spacial score (nSPS) is 19.4. The summed E-state index contributed by atoms with van der Waals surface area (Å²) in [5.74, 6) is 0.988. The number of nitrogens with zero attached hydrogens (tertiary/aromatic N) is 1. The fraction of sp³-hybridized carbons (Fsp3) is 0.316. The van der Waals surface area contributed by atoms with Crippen LogP contribution < -0.4 is 9.47 Å². The zero-order valence-corrected chi connectivity index (χ0v) is 13.2. The lowest BCUT2D eigenvalue weighted by Crippen LogP contribution is -2.38. The Kier molecular flexibility index (Phi) is 3.84. The smallest absolute Gasteiger partial charge is 0.254 e. The lowest BCUT2D eigenvalue weighted by atomic mass is 9.94. The number of rotatable bonds is 2. The lowest BCUT2D eigenvalue weighted by Gasteiger charge is -2.36. The van der Waals surface area contributed by atoms with E-state index in [1.807, 2.05) is 4.90 Å². The number of hydrogen-bond acceptors (Lipinski definition) is 3. The number of amides is 1. The third kappa shape index (κ3) is 2.70. The van der Waals surface area contributed by atoms with E-state index in [9.17, 15) is 9.18 Å². The van der Waals surface area contributed by atoms with E-state index in [0.29, 0.717) is 23.6 Å². The van der Waals surface area contributed by atoms with Crippen molar-refractivity contribution in [2.45, 2.75) is 25.3 Å². The van der Waals surface area contributed by atoms with Gasteiger partial charge in [0, 0.05) is 12.1 Å². The minimum atomic E-state index is -0.261. The second-order valence-corrected chi connectivity index (χ2v) is 6.13. The van der Waals surface area contributed by atoms with Crippen LogP contribution >= 0.6 is 0 Å². The van der Waals surface area contributed by atoms with E-state index in [2.05, 4.69) is 0 Å². The molecule has 124 valence electrons. The van der Waals surface area contributed by atoms with E-state index >= 15 is 0 Å². The van der Waals surface area contributed by atoms with Crippen molar-refractivity contribution in [2.24, 2.45) is 0 Å². The molecule has 0 spiro atoms. The highest BCUT2D eigenvalue weighted by Crippen LogP contribution is 2.35. The van der Waals surface area contributed by atoms with Gasteiger partial charge in [-0.3, -0.25) is 4.79 Å². The van der Waals surface area contributed by atoms with Crippen molar-refractivity contribution in [1.82, 2.24) is 4.90 Å². The van der Waals surface area contributed by atoms with Crippen LogP contribution in [0.1, 0.15) is 41.2 Å². The van der Waals surface area contributed by atoms with Gasteiger partial charge in [-0.1, -0.05) is 12.1 Å². The van der Waals surface area contributed by atoms with Gasteiger partial charge in [-0.05, 0) is 55.2 Å². The van der Waals surface area contributed by atoms with Crippen molar-refractivity contribution in [1.29, 1.82) is 0 Å². The van der Waals surface area contributed by atoms with Crippen LogP contribution in [0.4, 0.5) is 4.39 Å². The Bertz CT molecular complexity index is 760. The maximum Gasteiger partial charge on any atom is 0.254 e. The fourth-order valence-electron chi connectivity index (χ4n) is 3.40. The Labute approximate surface area is 139 Å². The number of ether oxygens (including phenoxy) is 2. The SMILES string of the molecule is O=C(c1ccc2c(c1)OCO2)N1CCCCC1c1ccc(F)cc1. The topological polar surface area (TPSA) is 38.8 Å². The van der Waals surface area contributed by atoms with Gasteiger partial charge in [0.1, 0.15) is 5.82 Å². The molecule has 0 aliphatic carbocycles. The Balaban J connectivity index is 1.62. The molecule has 1 unspecified atom stereocenters. The molecule has 0 bridgehead atoms. The van der Waals surface area contributed by atoms with Crippen LogP contribution in [0.3, 0.4) is 0 Å². The highest BCUT2D eigenvalue weighted by Gasteiger charge is 2.29. The van der Waals surface area contributed by atoms with Gasteiger partial charge in [0.15, 0.2) is 11.5 Å². The van der Waals surface area contributed by atoms with E-state index in [4.69, 9.17) is 9.47 Å². The van der Waals surface area contributed by atoms with Gasteiger partial charge in [0.2, 0.25) is 6.79 Å². The molecule has 2 aromatic carbocycles. The van der Waals surface area contributed by atoms with Gasteiger partial charge in [-0.15, -0.1) is 0 Å². The van der Waals surface area contributed by atoms with Crippen LogP contribution in [0.5, 0.6) is 11.5 Å². The number of fused-ring (bicyclic) bond motifs is 1. The summed E-state index contributed by atoms with van der Waals surface area (Å²) in [7, 11) is 0. The molecule has 5 heteroatoms. The van der Waals surface area contributed by atoms with Crippen LogP contribution in [-0.2, 0) is 0 Å². The Morgan fingerprint density at radius 1 is 1.04 bits per heavy atom. The molecule has 4 rings (SSSR count). The van der Waals surface area contributed by atoms with Crippen LogP contribution in [0, 0.1) is 5.82 Å². The number of carbonyl (C=O) groups is 1. The molecule has 4 nitrogen and oxygen atoms in total. The van der Waals surface area contributed by atoms with E-state index in [1.165, 1.54) is 12.1 Å². The monoisotopic (exact) mass is 327 g/mol. The van der Waals surface area contributed by atoms with Gasteiger partial charge in [0.25, 0.3) is 5.91 Å². The molecule has 1 saturated heterocycles.